The highest BCUT2D eigenvalue weighted by molar-refractivity contribution is 5.87. The van der Waals surface area contributed by atoms with Gasteiger partial charge in [-0.05, 0) is 6.42 Å². The molecule has 8 heteroatoms. The number of halogens is 3. The standard InChI is InChI=1S/C8H10F3NO4/c9-8(10,11)7(15)12-2-1-3-16-4-5(12)6(13)14/h5H,1-4H2,(H,13,14)/t5-/m0/s1. The molecular formula is C8H10F3NO4. The van der Waals surface area contributed by atoms with Crippen LogP contribution < -0.4 is 0 Å². The second-order valence-electron chi connectivity index (χ2n) is 3.28. The first-order valence-corrected chi connectivity index (χ1v) is 4.52. The molecular weight excluding hydrogens is 231 g/mol. The topological polar surface area (TPSA) is 66.8 Å². The van der Waals surface area contributed by atoms with Crippen molar-refractivity contribution in [2.24, 2.45) is 0 Å². The van der Waals surface area contributed by atoms with E-state index in [2.05, 4.69) is 0 Å². The van der Waals surface area contributed by atoms with Crippen LogP contribution in [0.3, 0.4) is 0 Å². The van der Waals surface area contributed by atoms with Crippen molar-refractivity contribution < 1.29 is 32.6 Å². The van der Waals surface area contributed by atoms with Gasteiger partial charge < -0.3 is 14.7 Å². The number of nitrogens with zero attached hydrogens (tertiary/aromatic N) is 1. The molecule has 16 heavy (non-hydrogen) atoms. The van der Waals surface area contributed by atoms with Crippen LogP contribution in [0.25, 0.3) is 0 Å². The van der Waals surface area contributed by atoms with E-state index in [-0.39, 0.29) is 19.6 Å². The zero-order valence-corrected chi connectivity index (χ0v) is 8.16. The number of carboxylic acids is 1. The average Bonchev–Trinajstić information content (AvgIpc) is 2.39. The van der Waals surface area contributed by atoms with Gasteiger partial charge in [-0.1, -0.05) is 0 Å². The molecule has 1 amide bonds. The van der Waals surface area contributed by atoms with Gasteiger partial charge in [0.05, 0.1) is 6.61 Å². The van der Waals surface area contributed by atoms with Crippen LogP contribution in [0.15, 0.2) is 0 Å². The molecule has 0 aromatic heterocycles. The van der Waals surface area contributed by atoms with Crippen molar-refractivity contribution in [3.63, 3.8) is 0 Å². The lowest BCUT2D eigenvalue weighted by Gasteiger charge is -2.26. The van der Waals surface area contributed by atoms with Gasteiger partial charge in [-0.3, -0.25) is 4.79 Å². The average molecular weight is 241 g/mol. The summed E-state index contributed by atoms with van der Waals surface area (Å²) < 4.78 is 41.4. The van der Waals surface area contributed by atoms with Gasteiger partial charge in [-0.25, -0.2) is 4.79 Å². The molecule has 0 aliphatic carbocycles. The van der Waals surface area contributed by atoms with Crippen LogP contribution >= 0.6 is 0 Å². The van der Waals surface area contributed by atoms with E-state index in [9.17, 15) is 22.8 Å². The van der Waals surface area contributed by atoms with Crippen molar-refractivity contribution in [3.8, 4) is 0 Å². The predicted octanol–water partition coefficient (Wildman–Crippen LogP) is 0.251. The molecule has 0 unspecified atom stereocenters. The molecule has 0 aromatic rings. The van der Waals surface area contributed by atoms with Crippen LogP contribution in [-0.2, 0) is 14.3 Å². The summed E-state index contributed by atoms with van der Waals surface area (Å²) in [4.78, 5) is 22.0. The number of alkyl halides is 3. The fraction of sp³-hybridized carbons (Fsp3) is 0.750. The molecule has 1 rings (SSSR count). The molecule has 1 aliphatic heterocycles. The van der Waals surface area contributed by atoms with E-state index in [1.165, 1.54) is 0 Å². The minimum absolute atomic E-state index is 0.144. The second kappa shape index (κ2) is 4.69. The second-order valence-corrected chi connectivity index (χ2v) is 3.28. The van der Waals surface area contributed by atoms with Gasteiger partial charge >= 0.3 is 18.1 Å². The molecule has 1 saturated heterocycles. The summed E-state index contributed by atoms with van der Waals surface area (Å²) in [5.41, 5.74) is 0. The first-order chi connectivity index (χ1) is 7.34. The minimum atomic E-state index is -5.06. The Hall–Kier alpha value is -1.31. The molecule has 0 saturated carbocycles. The van der Waals surface area contributed by atoms with Gasteiger partial charge in [0.1, 0.15) is 0 Å². The molecule has 1 fully saturated rings. The Morgan fingerprint density at radius 3 is 2.50 bits per heavy atom. The maximum absolute atomic E-state index is 12.2. The maximum Gasteiger partial charge on any atom is 0.471 e. The van der Waals surface area contributed by atoms with Gasteiger partial charge in [0, 0.05) is 13.2 Å². The zero-order chi connectivity index (χ0) is 12.3. The Labute approximate surface area is 88.8 Å². The van der Waals surface area contributed by atoms with Crippen LogP contribution in [0, 0.1) is 0 Å². The number of aliphatic carboxylic acids is 1. The molecule has 0 bridgehead atoms. The Balaban J connectivity index is 2.87. The van der Waals surface area contributed by atoms with Crippen molar-refractivity contribution >= 4 is 11.9 Å². The van der Waals surface area contributed by atoms with Crippen molar-refractivity contribution in [2.45, 2.75) is 18.6 Å². The van der Waals surface area contributed by atoms with Crippen LogP contribution in [0.5, 0.6) is 0 Å². The largest absolute Gasteiger partial charge is 0.480 e. The molecule has 1 aliphatic rings. The number of hydrogen-bond donors (Lipinski definition) is 1. The molecule has 1 atom stereocenters. The number of carbonyl (C=O) groups excluding carboxylic acids is 1. The Bertz CT molecular complexity index is 291. The highest BCUT2D eigenvalue weighted by atomic mass is 19.4. The number of ether oxygens (including phenoxy) is 1. The third kappa shape index (κ3) is 2.84. The predicted molar refractivity (Wildman–Crippen MR) is 44.6 cm³/mol. The molecule has 0 spiro atoms. The number of rotatable bonds is 1. The Morgan fingerprint density at radius 1 is 1.38 bits per heavy atom. The number of amides is 1. The summed E-state index contributed by atoms with van der Waals surface area (Å²) in [5.74, 6) is -3.63. The van der Waals surface area contributed by atoms with E-state index >= 15 is 0 Å². The van der Waals surface area contributed by atoms with E-state index in [1.807, 2.05) is 0 Å². The van der Waals surface area contributed by atoms with Crippen LogP contribution in [0.4, 0.5) is 13.2 Å². The number of carboxylic acid groups (broad SMARTS) is 1. The van der Waals surface area contributed by atoms with Gasteiger partial charge in [-0.15, -0.1) is 0 Å². The lowest BCUT2D eigenvalue weighted by molar-refractivity contribution is -0.190. The number of hydrogen-bond acceptors (Lipinski definition) is 3. The Kier molecular flexibility index (Phi) is 3.74. The van der Waals surface area contributed by atoms with E-state index in [1.54, 1.807) is 0 Å². The van der Waals surface area contributed by atoms with Gasteiger partial charge in [-0.2, -0.15) is 13.2 Å². The first-order valence-electron chi connectivity index (χ1n) is 4.52. The summed E-state index contributed by atoms with van der Waals surface area (Å²) in [6, 6.07) is -1.57. The minimum Gasteiger partial charge on any atom is -0.480 e. The molecule has 92 valence electrons. The monoisotopic (exact) mass is 241 g/mol. The van der Waals surface area contributed by atoms with Crippen molar-refractivity contribution in [1.29, 1.82) is 0 Å². The van der Waals surface area contributed by atoms with Gasteiger partial charge in [0.15, 0.2) is 6.04 Å². The smallest absolute Gasteiger partial charge is 0.471 e. The van der Waals surface area contributed by atoms with E-state index in [0.29, 0.717) is 4.90 Å². The zero-order valence-electron chi connectivity index (χ0n) is 8.16. The van der Waals surface area contributed by atoms with E-state index < -0.39 is 30.7 Å². The third-order valence-corrected chi connectivity index (χ3v) is 2.13. The van der Waals surface area contributed by atoms with E-state index in [4.69, 9.17) is 9.84 Å². The molecule has 1 heterocycles. The van der Waals surface area contributed by atoms with E-state index in [0.717, 1.165) is 0 Å². The third-order valence-electron chi connectivity index (χ3n) is 2.13. The van der Waals surface area contributed by atoms with Crippen molar-refractivity contribution in [2.75, 3.05) is 19.8 Å². The molecule has 1 N–H and O–H groups in total. The maximum atomic E-state index is 12.2. The normalized spacial score (nSPS) is 22.7. The lowest BCUT2D eigenvalue weighted by atomic mass is 10.2. The lowest BCUT2D eigenvalue weighted by Crippen LogP contribution is -2.51. The van der Waals surface area contributed by atoms with Gasteiger partial charge in [0.25, 0.3) is 0 Å². The van der Waals surface area contributed by atoms with Crippen LogP contribution in [0.2, 0.25) is 0 Å². The highest BCUT2D eigenvalue weighted by Crippen LogP contribution is 2.21. The van der Waals surface area contributed by atoms with Crippen molar-refractivity contribution in [3.05, 3.63) is 0 Å². The molecule has 0 aromatic carbocycles. The Morgan fingerprint density at radius 2 is 2.00 bits per heavy atom. The van der Waals surface area contributed by atoms with Crippen LogP contribution in [-0.4, -0.2) is 53.9 Å². The number of carbonyl (C=O) groups is 2. The summed E-state index contributed by atoms with van der Waals surface area (Å²) in [6.07, 6.45) is -4.87. The summed E-state index contributed by atoms with van der Waals surface area (Å²) in [5, 5.41) is 8.71. The van der Waals surface area contributed by atoms with Gasteiger partial charge in [0.2, 0.25) is 0 Å². The summed E-state index contributed by atoms with van der Waals surface area (Å²) in [6.45, 7) is -0.544. The summed E-state index contributed by atoms with van der Waals surface area (Å²) in [7, 11) is 0. The first kappa shape index (κ1) is 12.8. The molecule has 0 radical (unpaired) electrons. The SMILES string of the molecule is O=C(O)[C@@H]1COCCCN1C(=O)C(F)(F)F. The fourth-order valence-electron chi connectivity index (χ4n) is 1.39. The van der Waals surface area contributed by atoms with Crippen LogP contribution in [0.1, 0.15) is 6.42 Å². The highest BCUT2D eigenvalue weighted by Gasteiger charge is 2.46. The molecule has 5 nitrogen and oxygen atoms in total. The fourth-order valence-corrected chi connectivity index (χ4v) is 1.39. The van der Waals surface area contributed by atoms with Crippen molar-refractivity contribution in [1.82, 2.24) is 4.90 Å². The summed E-state index contributed by atoms with van der Waals surface area (Å²) >= 11 is 0. The quantitative estimate of drug-likeness (QED) is 0.714.